The van der Waals surface area contributed by atoms with Crippen LogP contribution in [0, 0.1) is 0 Å². The Hall–Kier alpha value is -2.44. The van der Waals surface area contributed by atoms with Gasteiger partial charge in [-0.25, -0.2) is 8.78 Å². The second kappa shape index (κ2) is 6.76. The molecule has 1 saturated heterocycles. The third-order valence-electron chi connectivity index (χ3n) is 3.53. The molecule has 0 radical (unpaired) electrons. The molecule has 0 aliphatic carbocycles. The Morgan fingerprint density at radius 1 is 1.17 bits per heavy atom. The zero-order valence-corrected chi connectivity index (χ0v) is 12.8. The van der Waals surface area contributed by atoms with Gasteiger partial charge in [-0.15, -0.1) is 0 Å². The van der Waals surface area contributed by atoms with E-state index in [0.29, 0.717) is 17.1 Å². The number of halogens is 2. The molecule has 0 unspecified atom stereocenters. The number of likely N-dealkylation sites (tertiary alicyclic amines) is 1. The number of alkyl halides is 2. The maximum atomic E-state index is 13.1. The number of carbonyl (C=O) groups excluding carboxylic acids is 2. The fourth-order valence-corrected chi connectivity index (χ4v) is 2.26. The van der Waals surface area contributed by atoms with Gasteiger partial charge in [0.05, 0.1) is 20.8 Å². The molecule has 7 heteroatoms. The van der Waals surface area contributed by atoms with Crippen LogP contribution in [0.15, 0.2) is 30.4 Å². The number of ketones is 1. The fourth-order valence-electron chi connectivity index (χ4n) is 2.26. The number of amides is 1. The first-order chi connectivity index (χ1) is 10.9. The highest BCUT2D eigenvalue weighted by molar-refractivity contribution is 6.07. The summed E-state index contributed by atoms with van der Waals surface area (Å²) >= 11 is 0. The number of allylic oxidation sites excluding steroid dienone is 1. The number of benzene rings is 1. The van der Waals surface area contributed by atoms with Gasteiger partial charge < -0.3 is 14.4 Å². The van der Waals surface area contributed by atoms with Crippen molar-refractivity contribution in [2.24, 2.45) is 0 Å². The predicted octanol–water partition coefficient (Wildman–Crippen LogP) is 2.31. The average molecular weight is 325 g/mol. The lowest BCUT2D eigenvalue weighted by atomic mass is 10.1. The molecule has 1 fully saturated rings. The summed E-state index contributed by atoms with van der Waals surface area (Å²) in [6.45, 7) is -0.624. The van der Waals surface area contributed by atoms with Gasteiger partial charge in [0.1, 0.15) is 0 Å². The SMILES string of the molecule is COc1ccc(C(=O)/C=C/C(=O)N2CCC(F)(F)C2)cc1OC. The molecule has 1 heterocycles. The molecule has 0 bridgehead atoms. The minimum Gasteiger partial charge on any atom is -0.493 e. The highest BCUT2D eigenvalue weighted by atomic mass is 19.3. The van der Waals surface area contributed by atoms with E-state index in [1.165, 1.54) is 26.4 Å². The number of nitrogens with zero attached hydrogens (tertiary/aromatic N) is 1. The Bertz CT molecular complexity index is 643. The number of ether oxygens (including phenoxy) is 2. The zero-order chi connectivity index (χ0) is 17.0. The first kappa shape index (κ1) is 16.9. The number of rotatable bonds is 5. The summed E-state index contributed by atoms with van der Waals surface area (Å²) in [5.41, 5.74) is 0.304. The summed E-state index contributed by atoms with van der Waals surface area (Å²) < 4.78 is 36.3. The summed E-state index contributed by atoms with van der Waals surface area (Å²) in [5, 5.41) is 0. The molecular weight excluding hydrogens is 308 g/mol. The highest BCUT2D eigenvalue weighted by Gasteiger charge is 2.39. The van der Waals surface area contributed by atoms with Crippen LogP contribution < -0.4 is 9.47 Å². The first-order valence-electron chi connectivity index (χ1n) is 6.97. The van der Waals surface area contributed by atoms with E-state index in [0.717, 1.165) is 17.1 Å². The van der Waals surface area contributed by atoms with E-state index in [4.69, 9.17) is 9.47 Å². The molecule has 5 nitrogen and oxygen atoms in total. The maximum absolute atomic E-state index is 13.1. The molecule has 1 amide bonds. The summed E-state index contributed by atoms with van der Waals surface area (Å²) in [6, 6.07) is 4.59. The number of hydrogen-bond acceptors (Lipinski definition) is 4. The predicted molar refractivity (Wildman–Crippen MR) is 79.2 cm³/mol. The van der Waals surface area contributed by atoms with Crippen molar-refractivity contribution in [3.63, 3.8) is 0 Å². The highest BCUT2D eigenvalue weighted by Crippen LogP contribution is 2.28. The molecule has 2 rings (SSSR count). The summed E-state index contributed by atoms with van der Waals surface area (Å²) in [6.07, 6.45) is 1.73. The van der Waals surface area contributed by atoms with Crippen molar-refractivity contribution in [1.82, 2.24) is 4.90 Å². The molecule has 124 valence electrons. The van der Waals surface area contributed by atoms with Gasteiger partial charge in [-0.2, -0.15) is 0 Å². The molecule has 1 aliphatic heterocycles. The second-order valence-corrected chi connectivity index (χ2v) is 5.13. The molecule has 0 atom stereocenters. The van der Waals surface area contributed by atoms with Crippen molar-refractivity contribution in [2.45, 2.75) is 12.3 Å². The van der Waals surface area contributed by atoms with E-state index >= 15 is 0 Å². The lowest BCUT2D eigenvalue weighted by Crippen LogP contribution is -2.30. The monoisotopic (exact) mass is 325 g/mol. The van der Waals surface area contributed by atoms with Crippen molar-refractivity contribution >= 4 is 11.7 Å². The van der Waals surface area contributed by atoms with Crippen molar-refractivity contribution in [3.05, 3.63) is 35.9 Å². The van der Waals surface area contributed by atoms with Crippen molar-refractivity contribution in [2.75, 3.05) is 27.3 Å². The van der Waals surface area contributed by atoms with Crippen LogP contribution in [0.3, 0.4) is 0 Å². The molecule has 1 aromatic rings. The Labute approximate surface area is 132 Å². The molecule has 1 aromatic carbocycles. The van der Waals surface area contributed by atoms with Gasteiger partial charge in [0.2, 0.25) is 5.91 Å². The van der Waals surface area contributed by atoms with E-state index in [2.05, 4.69) is 0 Å². The lowest BCUT2D eigenvalue weighted by molar-refractivity contribution is -0.126. The molecule has 1 aliphatic rings. The van der Waals surface area contributed by atoms with Crippen molar-refractivity contribution in [1.29, 1.82) is 0 Å². The maximum Gasteiger partial charge on any atom is 0.267 e. The standard InChI is InChI=1S/C16H17F2NO4/c1-22-13-5-3-11(9-14(13)23-2)12(20)4-6-15(21)19-8-7-16(17,18)10-19/h3-6,9H,7-8,10H2,1-2H3/b6-4+. The smallest absolute Gasteiger partial charge is 0.267 e. The van der Waals surface area contributed by atoms with Gasteiger partial charge in [0.25, 0.3) is 5.92 Å². The minimum absolute atomic E-state index is 0.0132. The quantitative estimate of drug-likeness (QED) is 0.616. The van der Waals surface area contributed by atoms with Gasteiger partial charge in [-0.3, -0.25) is 9.59 Å². The Balaban J connectivity index is 2.05. The zero-order valence-electron chi connectivity index (χ0n) is 12.8. The number of carbonyl (C=O) groups is 2. The minimum atomic E-state index is -2.85. The van der Waals surface area contributed by atoms with Crippen LogP contribution >= 0.6 is 0 Å². The molecule has 0 aromatic heterocycles. The summed E-state index contributed by atoms with van der Waals surface area (Å²) in [7, 11) is 2.92. The van der Waals surface area contributed by atoms with Gasteiger partial charge in [-0.1, -0.05) is 0 Å². The third-order valence-corrected chi connectivity index (χ3v) is 3.53. The summed E-state index contributed by atoms with van der Waals surface area (Å²) in [4.78, 5) is 24.9. The topological polar surface area (TPSA) is 55.8 Å². The van der Waals surface area contributed by atoms with Gasteiger partial charge >= 0.3 is 0 Å². The number of hydrogen-bond donors (Lipinski definition) is 0. The van der Waals surface area contributed by atoms with Crippen LogP contribution in [0.4, 0.5) is 8.78 Å². The van der Waals surface area contributed by atoms with Gasteiger partial charge in [-0.05, 0) is 24.3 Å². The third kappa shape index (κ3) is 4.06. The van der Waals surface area contributed by atoms with Crippen LogP contribution in [0.2, 0.25) is 0 Å². The van der Waals surface area contributed by atoms with Crippen LogP contribution in [-0.4, -0.2) is 49.8 Å². The van der Waals surface area contributed by atoms with E-state index in [1.807, 2.05) is 0 Å². The molecule has 0 spiro atoms. The molecular formula is C16H17F2NO4. The van der Waals surface area contributed by atoms with E-state index in [1.54, 1.807) is 6.07 Å². The normalized spacial score (nSPS) is 16.6. The fraction of sp³-hybridized carbons (Fsp3) is 0.375. The van der Waals surface area contributed by atoms with Crippen LogP contribution in [0.25, 0.3) is 0 Å². The van der Waals surface area contributed by atoms with Gasteiger partial charge in [0, 0.05) is 24.6 Å². The van der Waals surface area contributed by atoms with Crippen LogP contribution in [0.5, 0.6) is 11.5 Å². The Morgan fingerprint density at radius 3 is 2.43 bits per heavy atom. The first-order valence-corrected chi connectivity index (χ1v) is 6.97. The van der Waals surface area contributed by atoms with E-state index < -0.39 is 24.2 Å². The van der Waals surface area contributed by atoms with Crippen LogP contribution in [-0.2, 0) is 4.79 Å². The van der Waals surface area contributed by atoms with Gasteiger partial charge in [0.15, 0.2) is 17.3 Å². The van der Waals surface area contributed by atoms with Crippen molar-refractivity contribution < 1.29 is 27.8 Å². The molecule has 23 heavy (non-hydrogen) atoms. The Morgan fingerprint density at radius 2 is 1.87 bits per heavy atom. The van der Waals surface area contributed by atoms with E-state index in [-0.39, 0.29) is 13.0 Å². The number of methoxy groups -OCH3 is 2. The second-order valence-electron chi connectivity index (χ2n) is 5.13. The van der Waals surface area contributed by atoms with Crippen molar-refractivity contribution in [3.8, 4) is 11.5 Å². The van der Waals surface area contributed by atoms with Crippen LogP contribution in [0.1, 0.15) is 16.8 Å². The van der Waals surface area contributed by atoms with E-state index in [9.17, 15) is 18.4 Å². The Kier molecular flexibility index (Phi) is 4.98. The molecule has 0 N–H and O–H groups in total. The summed E-state index contributed by atoms with van der Waals surface area (Å²) in [5.74, 6) is -3.02. The molecule has 0 saturated carbocycles. The lowest BCUT2D eigenvalue weighted by Gasteiger charge is -2.13. The largest absolute Gasteiger partial charge is 0.493 e. The average Bonchev–Trinajstić information content (AvgIpc) is 2.91.